The molecule has 0 radical (unpaired) electrons. The van der Waals surface area contributed by atoms with Crippen molar-refractivity contribution in [3.63, 3.8) is 0 Å². The van der Waals surface area contributed by atoms with Crippen molar-refractivity contribution in [2.24, 2.45) is 5.73 Å². The fourth-order valence-corrected chi connectivity index (χ4v) is 1.47. The molecule has 15 heavy (non-hydrogen) atoms. The monoisotopic (exact) mass is 206 g/mol. The van der Waals surface area contributed by atoms with Crippen molar-refractivity contribution in [2.75, 3.05) is 6.61 Å². The molecule has 2 aromatic rings. The van der Waals surface area contributed by atoms with Crippen LogP contribution in [0.15, 0.2) is 30.5 Å². The van der Waals surface area contributed by atoms with Crippen LogP contribution in [0.1, 0.15) is 6.42 Å². The van der Waals surface area contributed by atoms with Gasteiger partial charge >= 0.3 is 0 Å². The quantitative estimate of drug-likeness (QED) is 0.658. The average Bonchev–Trinajstić information content (AvgIpc) is 2.65. The summed E-state index contributed by atoms with van der Waals surface area (Å²) in [5.74, 6) is 0.814. The third-order valence-electron chi connectivity index (χ3n) is 2.23. The molecule has 0 amide bonds. The molecular weight excluding hydrogens is 192 g/mol. The van der Waals surface area contributed by atoms with Gasteiger partial charge in [0.2, 0.25) is 0 Å². The van der Waals surface area contributed by atoms with E-state index in [1.165, 1.54) is 0 Å². The molecule has 1 heterocycles. The van der Waals surface area contributed by atoms with Crippen LogP contribution in [0.3, 0.4) is 0 Å². The van der Waals surface area contributed by atoms with E-state index in [2.05, 4.69) is 4.98 Å². The number of hydrogen-bond acceptors (Lipinski definition) is 3. The second-order valence-corrected chi connectivity index (χ2v) is 3.40. The number of fused-ring (bicyclic) bond motifs is 1. The number of hydrogen-bond donors (Lipinski definition) is 3. The summed E-state index contributed by atoms with van der Waals surface area (Å²) in [6.45, 7) is 0.419. The van der Waals surface area contributed by atoms with E-state index in [1.807, 2.05) is 30.5 Å². The number of H-pyrrole nitrogens is 1. The van der Waals surface area contributed by atoms with Gasteiger partial charge in [0.05, 0.1) is 6.61 Å². The summed E-state index contributed by atoms with van der Waals surface area (Å²) in [5, 5.41) is 9.94. The number of nitrogens with two attached hydrogens (primary N) is 1. The molecule has 0 aliphatic carbocycles. The van der Waals surface area contributed by atoms with Crippen LogP contribution < -0.4 is 10.5 Å². The van der Waals surface area contributed by atoms with Crippen molar-refractivity contribution in [1.29, 1.82) is 0 Å². The molecule has 0 fully saturated rings. The van der Waals surface area contributed by atoms with Crippen LogP contribution in [0, 0.1) is 0 Å². The topological polar surface area (TPSA) is 71.3 Å². The van der Waals surface area contributed by atoms with E-state index in [-0.39, 0.29) is 0 Å². The summed E-state index contributed by atoms with van der Waals surface area (Å²) in [6, 6.07) is 7.77. The third kappa shape index (κ3) is 2.29. The lowest BCUT2D eigenvalue weighted by atomic mass is 10.2. The SMILES string of the molecule is NC(O)CCOc1cccc2[nH]ccc12. The molecule has 1 aromatic carbocycles. The number of benzene rings is 1. The van der Waals surface area contributed by atoms with Crippen molar-refractivity contribution in [3.05, 3.63) is 30.5 Å². The largest absolute Gasteiger partial charge is 0.493 e. The minimum Gasteiger partial charge on any atom is -0.493 e. The Balaban J connectivity index is 2.10. The van der Waals surface area contributed by atoms with E-state index < -0.39 is 6.23 Å². The van der Waals surface area contributed by atoms with E-state index in [4.69, 9.17) is 15.6 Å². The maximum absolute atomic E-state index is 8.90. The van der Waals surface area contributed by atoms with Crippen LogP contribution in [-0.4, -0.2) is 22.9 Å². The summed E-state index contributed by atoms with van der Waals surface area (Å²) >= 11 is 0. The van der Waals surface area contributed by atoms with E-state index >= 15 is 0 Å². The van der Waals surface area contributed by atoms with Crippen molar-refractivity contribution in [2.45, 2.75) is 12.6 Å². The van der Waals surface area contributed by atoms with Crippen molar-refractivity contribution in [3.8, 4) is 5.75 Å². The van der Waals surface area contributed by atoms with Gasteiger partial charge in [-0.1, -0.05) is 6.07 Å². The molecule has 4 heteroatoms. The molecule has 0 saturated heterocycles. The van der Waals surface area contributed by atoms with Gasteiger partial charge < -0.3 is 20.6 Å². The minimum atomic E-state index is -0.810. The number of ether oxygens (including phenoxy) is 1. The standard InChI is InChI=1S/C11H14N2O2/c12-11(14)5-7-15-10-3-1-2-9-8(10)4-6-13-9/h1-4,6,11,13-14H,5,7,12H2. The summed E-state index contributed by atoms with van der Waals surface area (Å²) in [6.07, 6.45) is 1.49. The molecular formula is C11H14N2O2. The zero-order valence-electron chi connectivity index (χ0n) is 8.31. The van der Waals surface area contributed by atoms with E-state index in [1.54, 1.807) is 0 Å². The third-order valence-corrected chi connectivity index (χ3v) is 2.23. The molecule has 1 atom stereocenters. The lowest BCUT2D eigenvalue weighted by molar-refractivity contribution is 0.146. The fourth-order valence-electron chi connectivity index (χ4n) is 1.47. The summed E-state index contributed by atoms with van der Waals surface area (Å²) in [5.41, 5.74) is 6.26. The van der Waals surface area contributed by atoms with Gasteiger partial charge in [-0.2, -0.15) is 0 Å². The first-order valence-electron chi connectivity index (χ1n) is 4.90. The van der Waals surface area contributed by atoms with Crippen LogP contribution in [0.5, 0.6) is 5.75 Å². The predicted molar refractivity (Wildman–Crippen MR) is 58.6 cm³/mol. The maximum Gasteiger partial charge on any atom is 0.128 e. The van der Waals surface area contributed by atoms with Gasteiger partial charge in [0.15, 0.2) is 0 Å². The molecule has 0 aliphatic rings. The molecule has 0 saturated carbocycles. The van der Waals surface area contributed by atoms with Crippen molar-refractivity contribution in [1.82, 2.24) is 4.98 Å². The highest BCUT2D eigenvalue weighted by Crippen LogP contribution is 2.24. The lowest BCUT2D eigenvalue weighted by Gasteiger charge is -2.08. The Bertz CT molecular complexity index is 437. The number of aliphatic hydroxyl groups excluding tert-OH is 1. The maximum atomic E-state index is 8.90. The van der Waals surface area contributed by atoms with Crippen LogP contribution in [-0.2, 0) is 0 Å². The average molecular weight is 206 g/mol. The van der Waals surface area contributed by atoms with Crippen LogP contribution in [0.2, 0.25) is 0 Å². The Kier molecular flexibility index (Phi) is 2.89. The summed E-state index contributed by atoms with van der Waals surface area (Å²) in [4.78, 5) is 3.11. The van der Waals surface area contributed by atoms with E-state index in [0.29, 0.717) is 13.0 Å². The second-order valence-electron chi connectivity index (χ2n) is 3.40. The Morgan fingerprint density at radius 3 is 3.07 bits per heavy atom. The van der Waals surface area contributed by atoms with Crippen molar-refractivity contribution >= 4 is 10.9 Å². The molecule has 4 N–H and O–H groups in total. The zero-order chi connectivity index (χ0) is 10.7. The highest BCUT2D eigenvalue weighted by molar-refractivity contribution is 5.85. The summed E-state index contributed by atoms with van der Waals surface area (Å²) in [7, 11) is 0. The number of nitrogens with one attached hydrogen (secondary N) is 1. The van der Waals surface area contributed by atoms with Gasteiger partial charge in [0.25, 0.3) is 0 Å². The smallest absolute Gasteiger partial charge is 0.128 e. The van der Waals surface area contributed by atoms with Gasteiger partial charge in [0.1, 0.15) is 12.0 Å². The molecule has 1 aromatic heterocycles. The molecule has 4 nitrogen and oxygen atoms in total. The Hall–Kier alpha value is -1.52. The van der Waals surface area contributed by atoms with Gasteiger partial charge in [-0.15, -0.1) is 0 Å². The molecule has 0 spiro atoms. The first kappa shape index (κ1) is 10.0. The molecule has 80 valence electrons. The van der Waals surface area contributed by atoms with Crippen LogP contribution in [0.25, 0.3) is 10.9 Å². The van der Waals surface area contributed by atoms with Crippen LogP contribution >= 0.6 is 0 Å². The molecule has 0 aliphatic heterocycles. The fraction of sp³-hybridized carbons (Fsp3) is 0.273. The number of aromatic amines is 1. The summed E-state index contributed by atoms with van der Waals surface area (Å²) < 4.78 is 5.53. The number of aromatic nitrogens is 1. The second kappa shape index (κ2) is 4.33. The lowest BCUT2D eigenvalue weighted by Crippen LogP contribution is -2.21. The Labute approximate surface area is 87.7 Å². The van der Waals surface area contributed by atoms with Gasteiger partial charge in [0, 0.05) is 23.5 Å². The molecule has 2 rings (SSSR count). The number of rotatable bonds is 4. The van der Waals surface area contributed by atoms with Gasteiger partial charge in [-0.05, 0) is 18.2 Å². The predicted octanol–water partition coefficient (Wildman–Crippen LogP) is 1.21. The highest BCUT2D eigenvalue weighted by Gasteiger charge is 2.03. The van der Waals surface area contributed by atoms with E-state index in [0.717, 1.165) is 16.7 Å². The normalized spacial score (nSPS) is 12.9. The highest BCUT2D eigenvalue weighted by atomic mass is 16.5. The Morgan fingerprint density at radius 2 is 2.27 bits per heavy atom. The first-order chi connectivity index (χ1) is 7.27. The first-order valence-corrected chi connectivity index (χ1v) is 4.90. The molecule has 1 unspecified atom stereocenters. The minimum absolute atomic E-state index is 0.419. The zero-order valence-corrected chi connectivity index (χ0v) is 8.31. The Morgan fingerprint density at radius 1 is 1.40 bits per heavy atom. The van der Waals surface area contributed by atoms with Gasteiger partial charge in [-0.25, -0.2) is 0 Å². The van der Waals surface area contributed by atoms with E-state index in [9.17, 15) is 0 Å². The van der Waals surface area contributed by atoms with Gasteiger partial charge in [-0.3, -0.25) is 0 Å². The molecule has 0 bridgehead atoms. The number of aliphatic hydroxyl groups is 1. The van der Waals surface area contributed by atoms with Crippen molar-refractivity contribution < 1.29 is 9.84 Å². The van der Waals surface area contributed by atoms with Crippen LogP contribution in [0.4, 0.5) is 0 Å².